The molecular formula is C17H21FN2O4Pb2. The molecule has 26 heavy (non-hydrogen) atoms. The first-order valence-electron chi connectivity index (χ1n) is 8.22. The molecule has 6 nitrogen and oxygen atoms in total. The second-order valence-electron chi connectivity index (χ2n) is 6.14. The van der Waals surface area contributed by atoms with Gasteiger partial charge in [0.1, 0.15) is 5.82 Å². The van der Waals surface area contributed by atoms with Crippen LogP contribution in [0.2, 0.25) is 1.04 Å². The van der Waals surface area contributed by atoms with Crippen LogP contribution in [0.15, 0.2) is 24.3 Å². The standard InChI is InChI=1S/C17H21FN2O4.2Pb/c1-12(21)20-11-14(10-16(20)17(22)23-3)19(2)8-9-24-15-6-4-13(18)5-7-15;;/h1,4-7,14,16H,8-11H2,2-3H3;;. The molecule has 2 rings (SSSR count). The van der Waals surface area contributed by atoms with Crippen LogP contribution in [0.4, 0.5) is 4.39 Å². The van der Waals surface area contributed by atoms with Gasteiger partial charge in [-0.3, -0.25) is 0 Å². The first kappa shape index (κ1) is 22.0. The van der Waals surface area contributed by atoms with E-state index in [9.17, 15) is 14.0 Å². The number of carbonyl (C=O) groups is 2. The molecule has 0 aliphatic carbocycles. The summed E-state index contributed by atoms with van der Waals surface area (Å²) in [4.78, 5) is 28.4. The van der Waals surface area contributed by atoms with E-state index in [1.807, 2.05) is 7.05 Å². The summed E-state index contributed by atoms with van der Waals surface area (Å²) in [6.45, 7) is 1.62. The van der Waals surface area contributed by atoms with Crippen molar-refractivity contribution in [2.24, 2.45) is 0 Å². The van der Waals surface area contributed by atoms with E-state index in [4.69, 9.17) is 9.47 Å². The van der Waals surface area contributed by atoms with Crippen LogP contribution in [0.1, 0.15) is 6.42 Å². The van der Waals surface area contributed by atoms with Crippen molar-refractivity contribution in [1.29, 1.82) is 0 Å². The zero-order valence-corrected chi connectivity index (χ0v) is 22.6. The second-order valence-corrected chi connectivity index (χ2v) is 19.3. The Hall–Kier alpha value is -0.306. The number of benzene rings is 1. The topological polar surface area (TPSA) is 59.1 Å². The maximum absolute atomic E-state index is 12.9. The van der Waals surface area contributed by atoms with Gasteiger partial charge < -0.3 is 0 Å². The van der Waals surface area contributed by atoms with Gasteiger partial charge in [-0.25, -0.2) is 4.39 Å². The Morgan fingerprint density at radius 3 is 2.58 bits per heavy atom. The van der Waals surface area contributed by atoms with Crippen LogP contribution >= 0.6 is 0 Å². The number of hydrogen-bond donors (Lipinski definition) is 0. The molecule has 0 N–H and O–H groups in total. The van der Waals surface area contributed by atoms with E-state index in [-0.39, 0.29) is 24.8 Å². The van der Waals surface area contributed by atoms with Crippen molar-refractivity contribution in [3.05, 3.63) is 30.1 Å². The number of nitrogens with zero attached hydrogens (tertiary/aromatic N) is 2. The third kappa shape index (κ3) is 5.84. The van der Waals surface area contributed by atoms with Gasteiger partial charge in [0.05, 0.1) is 0 Å². The Labute approximate surface area is 184 Å². The van der Waals surface area contributed by atoms with Crippen LogP contribution in [-0.4, -0.2) is 119 Å². The molecule has 138 valence electrons. The molecule has 6 radical (unpaired) electrons. The van der Waals surface area contributed by atoms with Crippen molar-refractivity contribution in [1.82, 2.24) is 9.80 Å². The Morgan fingerprint density at radius 2 is 2.00 bits per heavy atom. The Kier molecular flexibility index (Phi) is 8.71. The molecule has 1 fully saturated rings. The average Bonchev–Trinajstić information content (AvgIpc) is 3.07. The zero-order valence-electron chi connectivity index (χ0n) is 14.8. The molecule has 1 heterocycles. The number of rotatable bonds is 7. The van der Waals surface area contributed by atoms with Crippen molar-refractivity contribution < 1.29 is 23.5 Å². The van der Waals surface area contributed by atoms with Crippen LogP contribution in [-0.2, 0) is 14.3 Å². The summed E-state index contributed by atoms with van der Waals surface area (Å²) in [6.07, 6.45) is 0.571. The summed E-state index contributed by atoms with van der Waals surface area (Å²) in [5, 5.41) is 0. The van der Waals surface area contributed by atoms with E-state index in [0.29, 0.717) is 31.9 Å². The number of methoxy groups -OCH3 is 1. The van der Waals surface area contributed by atoms with Crippen molar-refractivity contribution in [3.63, 3.8) is 0 Å². The number of esters is 1. The van der Waals surface area contributed by atoms with Crippen molar-refractivity contribution >= 4 is 63.4 Å². The van der Waals surface area contributed by atoms with Gasteiger partial charge in [-0.05, 0) is 0 Å². The van der Waals surface area contributed by atoms with Gasteiger partial charge in [-0.1, -0.05) is 0 Å². The van der Waals surface area contributed by atoms with Crippen LogP contribution < -0.4 is 4.74 Å². The van der Waals surface area contributed by atoms with E-state index in [0.717, 1.165) is 51.5 Å². The fraction of sp³-hybridized carbons (Fsp3) is 0.529. The third-order valence-electron chi connectivity index (χ3n) is 4.43. The van der Waals surface area contributed by atoms with Gasteiger partial charge in [0.2, 0.25) is 0 Å². The third-order valence-corrected chi connectivity index (χ3v) is 6.35. The summed E-state index contributed by atoms with van der Waals surface area (Å²) >= 11 is 1.62. The molecule has 9 heteroatoms. The molecule has 0 bridgehead atoms. The number of halogens is 1. The van der Waals surface area contributed by atoms with Crippen LogP contribution in [0.3, 0.4) is 0 Å². The minimum absolute atomic E-state index is 0.0807. The molecule has 2 atom stereocenters. The molecule has 2 unspecified atom stereocenters. The second kappa shape index (κ2) is 10.3. The number of hydrogen-bond acceptors (Lipinski definition) is 5. The van der Waals surface area contributed by atoms with Crippen molar-refractivity contribution in [2.75, 3.05) is 33.9 Å². The quantitative estimate of drug-likeness (QED) is 0.298. The molecule has 1 aliphatic heterocycles. The van der Waals surface area contributed by atoms with Crippen LogP contribution in [0, 0.1) is 5.82 Å². The predicted molar refractivity (Wildman–Crippen MR) is 95.7 cm³/mol. The van der Waals surface area contributed by atoms with Crippen molar-refractivity contribution in [3.8, 4) is 5.75 Å². The SMILES string of the molecule is COC(=O)C1CC(N(C)CCOc2ccc(F)cc2)CN1C(=O)[CH]([Pb])[Pb]. The van der Waals surface area contributed by atoms with Crippen LogP contribution in [0.25, 0.3) is 0 Å². The molecule has 0 aromatic heterocycles. The summed E-state index contributed by atoms with van der Waals surface area (Å²) in [5.41, 5.74) is 0. The predicted octanol–water partition coefficient (Wildman–Crippen LogP) is 0.362. The molecule has 1 amide bonds. The Morgan fingerprint density at radius 1 is 1.35 bits per heavy atom. The molecular weight excluding hydrogens is 730 g/mol. The molecule has 1 aromatic carbocycles. The fourth-order valence-corrected chi connectivity index (χ4v) is 4.21. The van der Waals surface area contributed by atoms with Gasteiger partial charge in [-0.15, -0.1) is 0 Å². The summed E-state index contributed by atoms with van der Waals surface area (Å²) in [7, 11) is 3.32. The molecule has 0 saturated carbocycles. The first-order valence-corrected chi connectivity index (χ1v) is 12.7. The number of likely N-dealkylation sites (N-methyl/N-ethyl adjacent to an activating group) is 1. The fourth-order valence-electron chi connectivity index (χ4n) is 2.92. The van der Waals surface area contributed by atoms with E-state index in [1.165, 1.54) is 19.2 Å². The number of ether oxygens (including phenoxy) is 2. The van der Waals surface area contributed by atoms with Gasteiger partial charge in [-0.2, -0.15) is 0 Å². The van der Waals surface area contributed by atoms with Gasteiger partial charge >= 0.3 is 176 Å². The average molecular weight is 751 g/mol. The van der Waals surface area contributed by atoms with E-state index >= 15 is 0 Å². The molecule has 0 spiro atoms. The van der Waals surface area contributed by atoms with Gasteiger partial charge in [0.15, 0.2) is 0 Å². The summed E-state index contributed by atoms with van der Waals surface area (Å²) in [6, 6.07) is 5.49. The van der Waals surface area contributed by atoms with E-state index < -0.39 is 6.04 Å². The van der Waals surface area contributed by atoms with E-state index in [2.05, 4.69) is 4.90 Å². The summed E-state index contributed by atoms with van der Waals surface area (Å²) in [5.74, 6) is 0.0542. The van der Waals surface area contributed by atoms with Gasteiger partial charge in [0.25, 0.3) is 0 Å². The zero-order chi connectivity index (χ0) is 19.3. The number of amides is 1. The normalized spacial score (nSPS) is 19.9. The van der Waals surface area contributed by atoms with Crippen LogP contribution in [0.5, 0.6) is 5.75 Å². The Bertz CT molecular complexity index is 630. The minimum atomic E-state index is -0.497. The summed E-state index contributed by atoms with van der Waals surface area (Å²) < 4.78 is 23.5. The molecule has 1 aliphatic rings. The maximum atomic E-state index is 12.9. The monoisotopic (exact) mass is 752 g/mol. The number of carbonyl (C=O) groups excluding carboxylic acids is 2. The first-order chi connectivity index (χ1) is 12.3. The van der Waals surface area contributed by atoms with Crippen molar-refractivity contribution in [2.45, 2.75) is 19.5 Å². The number of likely N-dealkylation sites (tertiary alicyclic amines) is 1. The van der Waals surface area contributed by atoms with Gasteiger partial charge in [0, 0.05) is 0 Å². The molecule has 1 aromatic rings. The molecule has 1 saturated heterocycles. The van der Waals surface area contributed by atoms with E-state index in [1.54, 1.807) is 17.0 Å². The Balaban J connectivity index is 1.91.